The molecular formula is C25H18Cl4N2O3. The number of hydrogen-bond donors (Lipinski definition) is 1. The lowest BCUT2D eigenvalue weighted by atomic mass is 10.0. The van der Waals surface area contributed by atoms with Gasteiger partial charge in [-0.2, -0.15) is 0 Å². The molecular weight excluding hydrogens is 518 g/mol. The van der Waals surface area contributed by atoms with E-state index in [0.29, 0.717) is 0 Å². The fraction of sp³-hybridized carbons (Fsp3) is 0.160. The average molecular weight is 536 g/mol. The zero-order valence-corrected chi connectivity index (χ0v) is 21.2. The minimum atomic E-state index is -0.742. The summed E-state index contributed by atoms with van der Waals surface area (Å²) in [4.78, 5) is 40.9. The van der Waals surface area contributed by atoms with E-state index in [-0.39, 0.29) is 42.5 Å². The van der Waals surface area contributed by atoms with E-state index in [2.05, 4.69) is 5.32 Å². The van der Waals surface area contributed by atoms with Crippen molar-refractivity contribution in [1.29, 1.82) is 0 Å². The van der Waals surface area contributed by atoms with E-state index in [9.17, 15) is 14.4 Å². The maximum atomic E-state index is 13.4. The number of fused-ring (bicyclic) bond motifs is 1. The number of para-hydroxylation sites is 2. The molecule has 0 aliphatic carbocycles. The number of amides is 3. The SMILES string of the molecule is CCc1cccc(CC)c1NC(=O)c1ccccc1N1C(=O)c2c(Cl)c(Cl)c(Cl)c(Cl)c2C1=O. The molecule has 3 aromatic rings. The number of aryl methyl sites for hydroxylation is 2. The predicted molar refractivity (Wildman–Crippen MR) is 137 cm³/mol. The first-order chi connectivity index (χ1) is 16.2. The molecule has 0 bridgehead atoms. The third kappa shape index (κ3) is 3.87. The van der Waals surface area contributed by atoms with Crippen LogP contribution in [-0.4, -0.2) is 17.7 Å². The molecule has 0 saturated carbocycles. The lowest BCUT2D eigenvalue weighted by Crippen LogP contribution is -2.31. The second-order valence-electron chi connectivity index (χ2n) is 7.58. The Morgan fingerprint density at radius 2 is 1.26 bits per heavy atom. The van der Waals surface area contributed by atoms with Crippen LogP contribution in [0.4, 0.5) is 11.4 Å². The molecule has 1 aliphatic heterocycles. The van der Waals surface area contributed by atoms with Crippen LogP contribution in [0.1, 0.15) is 56.0 Å². The fourth-order valence-corrected chi connectivity index (χ4v) is 5.03. The van der Waals surface area contributed by atoms with Crippen LogP contribution in [-0.2, 0) is 12.8 Å². The van der Waals surface area contributed by atoms with Gasteiger partial charge in [0, 0.05) is 5.69 Å². The van der Waals surface area contributed by atoms with Crippen LogP contribution in [0.5, 0.6) is 0 Å². The monoisotopic (exact) mass is 534 g/mol. The summed E-state index contributed by atoms with van der Waals surface area (Å²) in [6.07, 6.45) is 1.45. The summed E-state index contributed by atoms with van der Waals surface area (Å²) in [5, 5.41) is 2.39. The van der Waals surface area contributed by atoms with Gasteiger partial charge in [-0.05, 0) is 36.1 Å². The number of hydrogen-bond acceptors (Lipinski definition) is 3. The quantitative estimate of drug-likeness (QED) is 0.209. The minimum absolute atomic E-state index is 0.0950. The molecule has 1 N–H and O–H groups in total. The van der Waals surface area contributed by atoms with E-state index >= 15 is 0 Å². The highest BCUT2D eigenvalue weighted by atomic mass is 35.5. The topological polar surface area (TPSA) is 66.5 Å². The van der Waals surface area contributed by atoms with Gasteiger partial charge in [0.1, 0.15) is 0 Å². The summed E-state index contributed by atoms with van der Waals surface area (Å²) in [5.74, 6) is -1.95. The largest absolute Gasteiger partial charge is 0.321 e. The van der Waals surface area contributed by atoms with Crippen molar-refractivity contribution in [2.75, 3.05) is 10.2 Å². The molecule has 3 aromatic carbocycles. The summed E-state index contributed by atoms with van der Waals surface area (Å²) < 4.78 is 0. The molecule has 0 saturated heterocycles. The van der Waals surface area contributed by atoms with E-state index in [0.717, 1.165) is 34.6 Å². The Kier molecular flexibility index (Phi) is 6.92. The standard InChI is InChI=1S/C25H18Cl4N2O3/c1-3-12-8-7-9-13(4-2)22(12)30-23(32)14-10-5-6-11-15(14)31-24(33)16-17(25(31)34)19(27)21(29)20(28)18(16)26/h5-11H,3-4H2,1-2H3,(H,30,32). The first kappa shape index (κ1) is 24.6. The van der Waals surface area contributed by atoms with Gasteiger partial charge < -0.3 is 5.32 Å². The Hall–Kier alpha value is -2.57. The number of nitrogens with one attached hydrogen (secondary N) is 1. The minimum Gasteiger partial charge on any atom is -0.321 e. The van der Waals surface area contributed by atoms with E-state index in [1.165, 1.54) is 12.1 Å². The molecule has 1 heterocycles. The van der Waals surface area contributed by atoms with Gasteiger partial charge in [0.25, 0.3) is 17.7 Å². The summed E-state index contributed by atoms with van der Waals surface area (Å²) in [7, 11) is 0. The van der Waals surface area contributed by atoms with Gasteiger partial charge in [0.2, 0.25) is 0 Å². The first-order valence-electron chi connectivity index (χ1n) is 10.5. The Morgan fingerprint density at radius 1 is 0.765 bits per heavy atom. The summed E-state index contributed by atoms with van der Waals surface area (Å²) in [6, 6.07) is 12.2. The van der Waals surface area contributed by atoms with Crippen LogP contribution < -0.4 is 10.2 Å². The molecule has 174 valence electrons. The highest BCUT2D eigenvalue weighted by Crippen LogP contribution is 2.46. The molecule has 0 fully saturated rings. The van der Waals surface area contributed by atoms with Gasteiger partial charge in [-0.3, -0.25) is 14.4 Å². The first-order valence-corrected chi connectivity index (χ1v) is 12.0. The van der Waals surface area contributed by atoms with E-state index in [1.807, 2.05) is 32.0 Å². The van der Waals surface area contributed by atoms with Crippen LogP contribution in [0.25, 0.3) is 0 Å². The van der Waals surface area contributed by atoms with Gasteiger partial charge in [-0.25, -0.2) is 4.90 Å². The van der Waals surface area contributed by atoms with Crippen molar-refractivity contribution in [2.45, 2.75) is 26.7 Å². The van der Waals surface area contributed by atoms with E-state index in [1.54, 1.807) is 12.1 Å². The van der Waals surface area contributed by atoms with Gasteiger partial charge in [-0.15, -0.1) is 0 Å². The number of anilines is 2. The molecule has 9 heteroatoms. The zero-order valence-electron chi connectivity index (χ0n) is 18.1. The molecule has 4 rings (SSSR count). The van der Waals surface area contributed by atoms with Crippen molar-refractivity contribution in [3.63, 3.8) is 0 Å². The third-order valence-electron chi connectivity index (χ3n) is 5.73. The average Bonchev–Trinajstić information content (AvgIpc) is 3.11. The maximum Gasteiger partial charge on any atom is 0.267 e. The highest BCUT2D eigenvalue weighted by molar-refractivity contribution is 6.56. The molecule has 0 radical (unpaired) electrons. The highest BCUT2D eigenvalue weighted by Gasteiger charge is 2.43. The van der Waals surface area contributed by atoms with Gasteiger partial charge in [-0.1, -0.05) is 90.6 Å². The van der Waals surface area contributed by atoms with Crippen molar-refractivity contribution in [1.82, 2.24) is 0 Å². The number of carbonyl (C=O) groups excluding carboxylic acids is 3. The van der Waals surface area contributed by atoms with Crippen LogP contribution in [0.3, 0.4) is 0 Å². The number of carbonyl (C=O) groups is 3. The normalized spacial score (nSPS) is 12.8. The predicted octanol–water partition coefficient (Wildman–Crippen LogP) is 7.48. The Morgan fingerprint density at radius 3 is 1.76 bits per heavy atom. The lowest BCUT2D eigenvalue weighted by molar-refractivity contribution is 0.0926. The number of rotatable bonds is 5. The van der Waals surface area contributed by atoms with Gasteiger partial charge in [0.15, 0.2) is 0 Å². The van der Waals surface area contributed by atoms with Crippen LogP contribution in [0.2, 0.25) is 20.1 Å². The summed E-state index contributed by atoms with van der Waals surface area (Å²) >= 11 is 24.7. The smallest absolute Gasteiger partial charge is 0.267 e. The summed E-state index contributed by atoms with van der Waals surface area (Å²) in [6.45, 7) is 4.00. The number of benzene rings is 3. The Labute approximate surface area is 216 Å². The molecule has 0 aromatic heterocycles. The van der Waals surface area contributed by atoms with Gasteiger partial charge >= 0.3 is 0 Å². The molecule has 3 amide bonds. The molecule has 0 unspecified atom stereocenters. The maximum absolute atomic E-state index is 13.4. The Bertz CT molecular complexity index is 1300. The van der Waals surface area contributed by atoms with Gasteiger partial charge in [0.05, 0.1) is 42.5 Å². The molecule has 5 nitrogen and oxygen atoms in total. The van der Waals surface area contributed by atoms with Crippen LogP contribution >= 0.6 is 46.4 Å². The number of imide groups is 1. The molecule has 34 heavy (non-hydrogen) atoms. The summed E-state index contributed by atoms with van der Waals surface area (Å²) in [5.41, 5.74) is 2.62. The van der Waals surface area contributed by atoms with Crippen molar-refractivity contribution in [3.8, 4) is 0 Å². The Balaban J connectivity index is 1.80. The van der Waals surface area contributed by atoms with Crippen molar-refractivity contribution in [3.05, 3.63) is 90.4 Å². The van der Waals surface area contributed by atoms with Crippen LogP contribution in [0, 0.1) is 0 Å². The van der Waals surface area contributed by atoms with Crippen molar-refractivity contribution in [2.24, 2.45) is 0 Å². The van der Waals surface area contributed by atoms with Crippen molar-refractivity contribution >= 4 is 75.5 Å². The van der Waals surface area contributed by atoms with E-state index < -0.39 is 17.7 Å². The third-order valence-corrected chi connectivity index (χ3v) is 7.53. The zero-order chi connectivity index (χ0) is 24.7. The molecule has 0 atom stereocenters. The number of nitrogens with zero attached hydrogens (tertiary/aromatic N) is 1. The van der Waals surface area contributed by atoms with E-state index in [4.69, 9.17) is 46.4 Å². The number of halogens is 4. The second-order valence-corrected chi connectivity index (χ2v) is 9.09. The molecule has 1 aliphatic rings. The van der Waals surface area contributed by atoms with Crippen LogP contribution in [0.15, 0.2) is 42.5 Å². The fourth-order valence-electron chi connectivity index (χ4n) is 4.01. The van der Waals surface area contributed by atoms with Crippen molar-refractivity contribution < 1.29 is 14.4 Å². The molecule has 0 spiro atoms. The lowest BCUT2D eigenvalue weighted by Gasteiger charge is -2.19. The second kappa shape index (κ2) is 9.59.